The van der Waals surface area contributed by atoms with Gasteiger partial charge in [0.05, 0.1) is 13.2 Å². The number of amides is 1. The van der Waals surface area contributed by atoms with Crippen molar-refractivity contribution < 1.29 is 19.3 Å². The third-order valence-corrected chi connectivity index (χ3v) is 4.46. The zero-order valence-electron chi connectivity index (χ0n) is 15.5. The van der Waals surface area contributed by atoms with Crippen molar-refractivity contribution in [3.05, 3.63) is 29.8 Å². The molecule has 1 aromatic heterocycles. The van der Waals surface area contributed by atoms with Gasteiger partial charge in [-0.15, -0.1) is 0 Å². The molecule has 3 rings (SSSR count). The van der Waals surface area contributed by atoms with Crippen LogP contribution in [0.1, 0.15) is 31.7 Å². The van der Waals surface area contributed by atoms with Gasteiger partial charge in [-0.3, -0.25) is 10.1 Å². The number of anilines is 1. The van der Waals surface area contributed by atoms with Gasteiger partial charge in [0.15, 0.2) is 0 Å². The number of nitrogens with one attached hydrogen (secondary N) is 3. The Balaban J connectivity index is 1.55. The topological polar surface area (TPSA) is 97.5 Å². The van der Waals surface area contributed by atoms with Crippen LogP contribution in [0, 0.1) is 11.3 Å². The van der Waals surface area contributed by atoms with Gasteiger partial charge in [-0.25, -0.2) is 4.98 Å². The summed E-state index contributed by atoms with van der Waals surface area (Å²) in [4.78, 5) is 15.1. The summed E-state index contributed by atoms with van der Waals surface area (Å²) < 4.78 is 10.9. The Kier molecular flexibility index (Phi) is 6.44. The molecule has 1 atom stereocenters. The summed E-state index contributed by atoms with van der Waals surface area (Å²) in [6.45, 7) is 4.41. The zero-order valence-corrected chi connectivity index (χ0v) is 15.5. The summed E-state index contributed by atoms with van der Waals surface area (Å²) in [5.41, 5.74) is 1.46. The average Bonchev–Trinajstić information content (AvgIpc) is 3.22. The first-order chi connectivity index (χ1) is 13.2. The molecule has 2 heterocycles. The molecule has 7 nitrogen and oxygen atoms in total. The quantitative estimate of drug-likeness (QED) is 0.694. The van der Waals surface area contributed by atoms with E-state index in [4.69, 9.17) is 9.47 Å². The van der Waals surface area contributed by atoms with E-state index in [0.717, 1.165) is 35.9 Å². The van der Waals surface area contributed by atoms with Gasteiger partial charge in [-0.2, -0.15) is 5.26 Å². The van der Waals surface area contributed by atoms with Gasteiger partial charge in [0.2, 0.25) is 5.91 Å². The highest BCUT2D eigenvalue weighted by Gasteiger charge is 2.22. The number of fused-ring (bicyclic) bond motifs is 1. The van der Waals surface area contributed by atoms with Crippen molar-refractivity contribution in [1.29, 1.82) is 5.26 Å². The van der Waals surface area contributed by atoms with E-state index in [1.807, 2.05) is 31.2 Å². The summed E-state index contributed by atoms with van der Waals surface area (Å²) in [5, 5.41) is 16.5. The summed E-state index contributed by atoms with van der Waals surface area (Å²) >= 11 is 0. The normalized spacial score (nSPS) is 16.1. The number of hydrogen-bond donors (Lipinski definition) is 2. The largest absolute Gasteiger partial charge is 0.494 e. The molecule has 1 aliphatic rings. The minimum Gasteiger partial charge on any atom is -0.494 e. The fraction of sp³-hybridized carbons (Fsp3) is 0.450. The Labute approximate surface area is 158 Å². The standard InChI is InChI=1S/C20H24N4O3/c1-2-26-16-6-7-17-14(12-16)11-15(13-21)19(24-17)22-8-4-9-23-20(25)18-5-3-10-27-18/h6-7,11-12,18H,2-5,8-10H2,1H3,(H,22,24)(H,23,25)/p+1/t18-/m0/s1. The number of pyridine rings is 1. The zero-order chi connectivity index (χ0) is 19.1. The first kappa shape index (κ1) is 18.9. The molecular formula is C20H25N4O3+. The van der Waals surface area contributed by atoms with Crippen LogP contribution in [0.5, 0.6) is 5.75 Å². The number of ether oxygens (including phenoxy) is 2. The average molecular weight is 369 g/mol. The summed E-state index contributed by atoms with van der Waals surface area (Å²) in [6.07, 6.45) is 2.20. The number of hydrogen-bond acceptors (Lipinski definition) is 5. The minimum atomic E-state index is -0.293. The predicted octanol–water partition coefficient (Wildman–Crippen LogP) is 2.02. The highest BCUT2D eigenvalue weighted by molar-refractivity contribution is 5.81. The number of H-pyrrole nitrogens is 1. The van der Waals surface area contributed by atoms with Gasteiger partial charge in [-0.1, -0.05) is 0 Å². The number of carbonyl (C=O) groups excluding carboxylic acids is 1. The molecule has 2 aromatic rings. The van der Waals surface area contributed by atoms with Crippen molar-refractivity contribution in [2.75, 3.05) is 31.6 Å². The molecule has 0 radical (unpaired) electrons. The van der Waals surface area contributed by atoms with Gasteiger partial charge < -0.3 is 14.8 Å². The maximum atomic E-state index is 11.9. The molecule has 0 aliphatic carbocycles. The van der Waals surface area contributed by atoms with Crippen LogP contribution < -0.4 is 20.4 Å². The third kappa shape index (κ3) is 4.86. The molecule has 3 N–H and O–H groups in total. The Bertz CT molecular complexity index is 841. The summed E-state index contributed by atoms with van der Waals surface area (Å²) in [5.74, 6) is 1.43. The molecular weight excluding hydrogens is 344 g/mol. The van der Waals surface area contributed by atoms with Crippen molar-refractivity contribution in [1.82, 2.24) is 5.32 Å². The van der Waals surface area contributed by atoms with Gasteiger partial charge in [0.25, 0.3) is 5.82 Å². The lowest BCUT2D eigenvalue weighted by molar-refractivity contribution is -0.327. The lowest BCUT2D eigenvalue weighted by Gasteiger charge is -2.10. The molecule has 1 fully saturated rings. The van der Waals surface area contributed by atoms with E-state index < -0.39 is 0 Å². The van der Waals surface area contributed by atoms with Gasteiger partial charge in [0, 0.05) is 25.0 Å². The second-order valence-electron chi connectivity index (χ2n) is 6.42. The molecule has 1 saturated heterocycles. The summed E-state index contributed by atoms with van der Waals surface area (Å²) in [7, 11) is 0. The molecule has 0 saturated carbocycles. The van der Waals surface area contributed by atoms with E-state index in [1.165, 1.54) is 0 Å². The van der Waals surface area contributed by atoms with Crippen molar-refractivity contribution in [2.45, 2.75) is 32.3 Å². The maximum absolute atomic E-state index is 11.9. The van der Waals surface area contributed by atoms with E-state index in [9.17, 15) is 10.1 Å². The van der Waals surface area contributed by atoms with Gasteiger partial charge in [0.1, 0.15) is 29.0 Å². The van der Waals surface area contributed by atoms with Crippen molar-refractivity contribution in [3.63, 3.8) is 0 Å². The SMILES string of the molecule is CCOc1ccc2[nH+]c(NCCCNC(=O)[C@@H]3CCCO3)c(C#N)cc2c1. The van der Waals surface area contributed by atoms with Crippen LogP contribution in [0.15, 0.2) is 24.3 Å². The fourth-order valence-electron chi connectivity index (χ4n) is 3.10. The van der Waals surface area contributed by atoms with Crippen LogP contribution in [-0.4, -0.2) is 38.3 Å². The fourth-order valence-corrected chi connectivity index (χ4v) is 3.10. The molecule has 142 valence electrons. The van der Waals surface area contributed by atoms with E-state index >= 15 is 0 Å². The Morgan fingerprint density at radius 3 is 3.04 bits per heavy atom. The molecule has 0 bridgehead atoms. The molecule has 0 spiro atoms. The number of benzene rings is 1. The molecule has 1 amide bonds. The third-order valence-electron chi connectivity index (χ3n) is 4.46. The number of carbonyl (C=O) groups is 1. The minimum absolute atomic E-state index is 0.0346. The van der Waals surface area contributed by atoms with Gasteiger partial charge >= 0.3 is 0 Å². The first-order valence-electron chi connectivity index (χ1n) is 9.37. The maximum Gasteiger partial charge on any atom is 0.290 e. The van der Waals surface area contributed by atoms with Crippen LogP contribution in [0.4, 0.5) is 5.82 Å². The van der Waals surface area contributed by atoms with Crippen molar-refractivity contribution >= 4 is 22.6 Å². The number of nitrogens with zero attached hydrogens (tertiary/aromatic N) is 1. The van der Waals surface area contributed by atoms with E-state index in [-0.39, 0.29) is 12.0 Å². The smallest absolute Gasteiger partial charge is 0.290 e. The Morgan fingerprint density at radius 2 is 2.30 bits per heavy atom. The lowest BCUT2D eigenvalue weighted by Crippen LogP contribution is -2.35. The highest BCUT2D eigenvalue weighted by Crippen LogP contribution is 2.21. The number of nitriles is 1. The number of aromatic nitrogens is 1. The number of rotatable bonds is 8. The molecule has 1 aromatic carbocycles. The van der Waals surface area contributed by atoms with Crippen LogP contribution in [0.25, 0.3) is 10.9 Å². The Morgan fingerprint density at radius 1 is 1.41 bits per heavy atom. The first-order valence-corrected chi connectivity index (χ1v) is 9.37. The number of aromatic amines is 1. The van der Waals surface area contributed by atoms with E-state index in [0.29, 0.717) is 37.7 Å². The van der Waals surface area contributed by atoms with Crippen LogP contribution >= 0.6 is 0 Å². The second kappa shape index (κ2) is 9.19. The predicted molar refractivity (Wildman–Crippen MR) is 101 cm³/mol. The Hall–Kier alpha value is -2.85. The monoisotopic (exact) mass is 369 g/mol. The van der Waals surface area contributed by atoms with Gasteiger partial charge in [-0.05, 0) is 44.0 Å². The molecule has 0 unspecified atom stereocenters. The van der Waals surface area contributed by atoms with Crippen LogP contribution in [0.3, 0.4) is 0 Å². The molecule has 27 heavy (non-hydrogen) atoms. The lowest BCUT2D eigenvalue weighted by atomic mass is 10.1. The van der Waals surface area contributed by atoms with E-state index in [2.05, 4.69) is 21.7 Å². The van der Waals surface area contributed by atoms with Crippen LogP contribution in [0.2, 0.25) is 0 Å². The van der Waals surface area contributed by atoms with Crippen molar-refractivity contribution in [3.8, 4) is 11.8 Å². The van der Waals surface area contributed by atoms with Crippen LogP contribution in [-0.2, 0) is 9.53 Å². The van der Waals surface area contributed by atoms with Crippen molar-refractivity contribution in [2.24, 2.45) is 0 Å². The van der Waals surface area contributed by atoms with E-state index in [1.54, 1.807) is 0 Å². The molecule has 7 heteroatoms. The molecule has 1 aliphatic heterocycles. The summed E-state index contributed by atoms with van der Waals surface area (Å²) in [6, 6.07) is 9.82. The second-order valence-corrected chi connectivity index (χ2v) is 6.42. The highest BCUT2D eigenvalue weighted by atomic mass is 16.5.